The van der Waals surface area contributed by atoms with E-state index in [0.717, 1.165) is 38.8 Å². The number of alkyl carbamates (subject to hydrolysis) is 1. The van der Waals surface area contributed by atoms with Gasteiger partial charge in [-0.1, -0.05) is 55.5 Å². The van der Waals surface area contributed by atoms with Gasteiger partial charge in [0.05, 0.1) is 35.6 Å². The second-order valence-corrected chi connectivity index (χ2v) is 15.3. The SMILES string of the molecule is CC(C)CN(CC(O)C(Cc1ccccc1)NC(=O)OC1C2COC3OCC1C3C2)Sc1ccc2nc(NC3CC3)sc2c1. The van der Waals surface area contributed by atoms with Crippen LogP contribution in [-0.2, 0) is 20.6 Å². The number of aliphatic hydroxyl groups is 1. The molecule has 1 amide bonds. The molecule has 0 radical (unpaired) electrons. The van der Waals surface area contributed by atoms with E-state index in [0.29, 0.717) is 44.1 Å². The molecule has 11 heteroatoms. The van der Waals surface area contributed by atoms with Crippen molar-refractivity contribution in [2.24, 2.45) is 23.7 Å². The van der Waals surface area contributed by atoms with Gasteiger partial charge >= 0.3 is 6.09 Å². The highest BCUT2D eigenvalue weighted by molar-refractivity contribution is 7.97. The molecule has 7 unspecified atom stereocenters. The monoisotopic (exact) mass is 638 g/mol. The van der Waals surface area contributed by atoms with E-state index in [4.69, 9.17) is 19.2 Å². The normalized spacial score (nSPS) is 27.2. The molecule has 2 aromatic carbocycles. The summed E-state index contributed by atoms with van der Waals surface area (Å²) in [7, 11) is 0. The minimum Gasteiger partial charge on any atom is -0.445 e. The van der Waals surface area contributed by atoms with Crippen LogP contribution < -0.4 is 10.6 Å². The van der Waals surface area contributed by atoms with E-state index < -0.39 is 18.2 Å². The van der Waals surface area contributed by atoms with Gasteiger partial charge < -0.3 is 30.0 Å². The van der Waals surface area contributed by atoms with Crippen LogP contribution in [-0.4, -0.2) is 77.4 Å². The molecule has 44 heavy (non-hydrogen) atoms. The Kier molecular flexibility index (Phi) is 9.03. The number of thiazole rings is 1. The van der Waals surface area contributed by atoms with E-state index in [1.54, 1.807) is 23.3 Å². The number of amides is 1. The summed E-state index contributed by atoms with van der Waals surface area (Å²) >= 11 is 3.33. The standard InChI is InChI=1S/C33H42N4O5S2/c1-19(2)15-37(44-23-10-11-26-29(14-23)43-32(35-26)34-22-8-9-22)16-28(38)27(12-20-6-4-3-5-7-20)36-33(39)42-30-21-13-24-25(30)18-41-31(24)40-17-21/h3-7,10-11,14,19,21-22,24-25,27-28,30-31,38H,8-9,12-13,15-18H2,1-2H3,(H,34,35)(H,36,39). The van der Waals surface area contributed by atoms with Gasteiger partial charge in [-0.15, -0.1) is 0 Å². The van der Waals surface area contributed by atoms with Crippen molar-refractivity contribution in [3.8, 4) is 0 Å². The fourth-order valence-corrected chi connectivity index (χ4v) is 9.03. The zero-order valence-electron chi connectivity index (χ0n) is 25.3. The van der Waals surface area contributed by atoms with Crippen LogP contribution in [0.1, 0.15) is 38.7 Å². The number of carbonyl (C=O) groups excluding carboxylic acids is 1. The maximum atomic E-state index is 13.4. The maximum Gasteiger partial charge on any atom is 0.407 e. The summed E-state index contributed by atoms with van der Waals surface area (Å²) in [5.41, 5.74) is 2.05. The number of carbonyl (C=O) groups is 1. The topological polar surface area (TPSA) is 105 Å². The molecule has 4 aliphatic rings. The molecule has 3 N–H and O–H groups in total. The number of hydrogen-bond donors (Lipinski definition) is 3. The molecule has 3 heterocycles. The van der Waals surface area contributed by atoms with Crippen molar-refractivity contribution in [2.45, 2.75) is 75.0 Å². The summed E-state index contributed by atoms with van der Waals surface area (Å²) in [4.78, 5) is 19.2. The third-order valence-corrected chi connectivity index (χ3v) is 11.0. The first-order valence-electron chi connectivity index (χ1n) is 15.9. The van der Waals surface area contributed by atoms with E-state index in [1.165, 1.54) is 12.8 Å². The molecule has 4 fully saturated rings. The van der Waals surface area contributed by atoms with Crippen LogP contribution in [0.25, 0.3) is 10.2 Å². The Balaban J connectivity index is 1.04. The Morgan fingerprint density at radius 1 is 1.14 bits per heavy atom. The van der Waals surface area contributed by atoms with Crippen molar-refractivity contribution < 1.29 is 24.1 Å². The Morgan fingerprint density at radius 3 is 2.75 bits per heavy atom. The molecule has 9 nitrogen and oxygen atoms in total. The number of nitrogens with zero attached hydrogens (tertiary/aromatic N) is 2. The van der Waals surface area contributed by atoms with E-state index in [-0.39, 0.29) is 24.2 Å². The van der Waals surface area contributed by atoms with E-state index >= 15 is 0 Å². The molecule has 0 spiro atoms. The van der Waals surface area contributed by atoms with Gasteiger partial charge in [0.2, 0.25) is 0 Å². The number of fused-ring (bicyclic) bond motifs is 2. The van der Waals surface area contributed by atoms with Gasteiger partial charge in [0.15, 0.2) is 11.4 Å². The third kappa shape index (κ3) is 7.03. The van der Waals surface area contributed by atoms with Gasteiger partial charge in [-0.2, -0.15) is 0 Å². The average Bonchev–Trinajstić information content (AvgIpc) is 3.46. The first-order chi connectivity index (χ1) is 21.4. The first-order valence-corrected chi connectivity index (χ1v) is 17.5. The lowest BCUT2D eigenvalue weighted by Gasteiger charge is -2.31. The number of ether oxygens (including phenoxy) is 3. The van der Waals surface area contributed by atoms with Gasteiger partial charge in [0.1, 0.15) is 6.10 Å². The number of nitrogens with one attached hydrogen (secondary N) is 2. The van der Waals surface area contributed by atoms with Gasteiger partial charge in [0, 0.05) is 41.8 Å². The molecule has 236 valence electrons. The smallest absolute Gasteiger partial charge is 0.407 e. The fraction of sp³-hybridized carbons (Fsp3) is 0.576. The highest BCUT2D eigenvalue weighted by Gasteiger charge is 2.56. The largest absolute Gasteiger partial charge is 0.445 e. The number of aromatic nitrogens is 1. The highest BCUT2D eigenvalue weighted by Crippen LogP contribution is 2.49. The predicted molar refractivity (Wildman–Crippen MR) is 173 cm³/mol. The van der Waals surface area contributed by atoms with Crippen LogP contribution in [0.15, 0.2) is 53.4 Å². The first kappa shape index (κ1) is 30.3. The molecule has 2 aliphatic carbocycles. The van der Waals surface area contributed by atoms with Crippen LogP contribution in [0, 0.1) is 23.7 Å². The summed E-state index contributed by atoms with van der Waals surface area (Å²) in [6, 6.07) is 16.4. The number of benzene rings is 2. The number of anilines is 1. The Morgan fingerprint density at radius 2 is 1.95 bits per heavy atom. The summed E-state index contributed by atoms with van der Waals surface area (Å²) in [6.45, 7) is 6.64. The average molecular weight is 639 g/mol. The Hall–Kier alpha value is -2.41. The van der Waals surface area contributed by atoms with Crippen molar-refractivity contribution in [1.29, 1.82) is 0 Å². The molecule has 3 aromatic rings. The fourth-order valence-electron chi connectivity index (χ4n) is 6.78. The molecule has 2 aliphatic heterocycles. The van der Waals surface area contributed by atoms with Crippen LogP contribution in [0.3, 0.4) is 0 Å². The molecule has 2 saturated heterocycles. The maximum absolute atomic E-state index is 13.4. The minimum atomic E-state index is -0.819. The van der Waals surface area contributed by atoms with Crippen molar-refractivity contribution >= 4 is 44.7 Å². The summed E-state index contributed by atoms with van der Waals surface area (Å²) in [5.74, 6) is 1.06. The van der Waals surface area contributed by atoms with Crippen molar-refractivity contribution in [3.05, 3.63) is 54.1 Å². The molecular weight excluding hydrogens is 597 g/mol. The van der Waals surface area contributed by atoms with Gasteiger partial charge in [-0.05, 0) is 67.3 Å². The van der Waals surface area contributed by atoms with Gasteiger partial charge in [-0.3, -0.25) is 0 Å². The molecule has 7 atom stereocenters. The predicted octanol–water partition coefficient (Wildman–Crippen LogP) is 5.54. The van der Waals surface area contributed by atoms with Crippen LogP contribution in [0.4, 0.5) is 9.93 Å². The number of rotatable bonds is 13. The molecule has 2 bridgehead atoms. The van der Waals surface area contributed by atoms with Crippen LogP contribution in [0.2, 0.25) is 0 Å². The highest BCUT2D eigenvalue weighted by atomic mass is 32.2. The van der Waals surface area contributed by atoms with Crippen molar-refractivity contribution in [1.82, 2.24) is 14.6 Å². The zero-order valence-corrected chi connectivity index (χ0v) is 26.9. The second kappa shape index (κ2) is 13.1. The lowest BCUT2D eigenvalue weighted by molar-refractivity contribution is -0.169. The van der Waals surface area contributed by atoms with Crippen molar-refractivity contribution in [2.75, 3.05) is 31.6 Å². The summed E-state index contributed by atoms with van der Waals surface area (Å²) in [5, 5.41) is 19.2. The second-order valence-electron chi connectivity index (χ2n) is 13.1. The van der Waals surface area contributed by atoms with E-state index in [2.05, 4.69) is 47.0 Å². The summed E-state index contributed by atoms with van der Waals surface area (Å²) in [6.07, 6.45) is 2.20. The van der Waals surface area contributed by atoms with Crippen LogP contribution in [0.5, 0.6) is 0 Å². The molecule has 1 aromatic heterocycles. The molecule has 2 saturated carbocycles. The number of hydrogen-bond acceptors (Lipinski definition) is 10. The zero-order chi connectivity index (χ0) is 30.2. The van der Waals surface area contributed by atoms with E-state index in [9.17, 15) is 9.90 Å². The van der Waals surface area contributed by atoms with Crippen molar-refractivity contribution in [3.63, 3.8) is 0 Å². The van der Waals surface area contributed by atoms with Gasteiger partial charge in [0.25, 0.3) is 0 Å². The lowest BCUT2D eigenvalue weighted by atomic mass is 9.98. The van der Waals surface area contributed by atoms with Gasteiger partial charge in [-0.25, -0.2) is 14.1 Å². The number of aliphatic hydroxyl groups excluding tert-OH is 1. The molecular formula is C33H42N4O5S2. The minimum absolute atomic E-state index is 0.164. The quantitative estimate of drug-likeness (QED) is 0.208. The lowest BCUT2D eigenvalue weighted by Crippen LogP contribution is -2.50. The summed E-state index contributed by atoms with van der Waals surface area (Å²) < 4.78 is 21.1. The molecule has 7 rings (SSSR count). The van der Waals surface area contributed by atoms with Crippen LogP contribution >= 0.6 is 23.3 Å². The Bertz CT molecular complexity index is 1440. The van der Waals surface area contributed by atoms with E-state index in [1.807, 2.05) is 30.3 Å². The Labute approximate surface area is 267 Å². The third-order valence-electron chi connectivity index (χ3n) is 9.06.